The third-order valence-corrected chi connectivity index (χ3v) is 5.16. The summed E-state index contributed by atoms with van der Waals surface area (Å²) >= 11 is 0. The molecule has 23 heavy (non-hydrogen) atoms. The van der Waals surface area contributed by atoms with Crippen molar-refractivity contribution in [1.29, 1.82) is 0 Å². The summed E-state index contributed by atoms with van der Waals surface area (Å²) in [5, 5.41) is 3.16. The van der Waals surface area contributed by atoms with Crippen LogP contribution < -0.4 is 15.8 Å². The Morgan fingerprint density at radius 3 is 2.70 bits per heavy atom. The number of ether oxygens (including phenoxy) is 1. The van der Waals surface area contributed by atoms with Crippen molar-refractivity contribution in [3.05, 3.63) is 30.1 Å². The molecule has 0 radical (unpaired) electrons. The fourth-order valence-electron chi connectivity index (χ4n) is 4.10. The van der Waals surface area contributed by atoms with Gasteiger partial charge in [0, 0.05) is 18.2 Å². The molecule has 3 rings (SSSR count). The molecule has 1 aromatic carbocycles. The number of nitrogens with two attached hydrogens (primary N) is 1. The van der Waals surface area contributed by atoms with E-state index < -0.39 is 6.10 Å². The molecule has 2 fully saturated rings. The van der Waals surface area contributed by atoms with Crippen LogP contribution in [-0.4, -0.2) is 24.1 Å². The first kappa shape index (κ1) is 16.2. The molecule has 1 aromatic rings. The van der Waals surface area contributed by atoms with Crippen molar-refractivity contribution < 1.29 is 13.9 Å². The number of nitrogens with one attached hydrogen (secondary N) is 1. The summed E-state index contributed by atoms with van der Waals surface area (Å²) in [5.74, 6) is 0.821. The van der Waals surface area contributed by atoms with Crippen LogP contribution in [0.5, 0.6) is 5.75 Å². The molecule has 0 saturated heterocycles. The molecule has 2 bridgehead atoms. The van der Waals surface area contributed by atoms with Crippen molar-refractivity contribution in [2.45, 2.75) is 57.2 Å². The number of carbonyl (C=O) groups is 1. The van der Waals surface area contributed by atoms with Crippen LogP contribution in [0.3, 0.4) is 0 Å². The quantitative estimate of drug-likeness (QED) is 0.896. The Morgan fingerprint density at radius 1 is 1.35 bits per heavy atom. The molecule has 3 unspecified atom stereocenters. The largest absolute Gasteiger partial charge is 0.481 e. The summed E-state index contributed by atoms with van der Waals surface area (Å²) in [5.41, 5.74) is 6.12. The number of amides is 1. The molecule has 4 nitrogen and oxygen atoms in total. The molecule has 2 saturated carbocycles. The van der Waals surface area contributed by atoms with Crippen LogP contribution >= 0.6 is 0 Å². The van der Waals surface area contributed by atoms with Gasteiger partial charge in [-0.2, -0.15) is 0 Å². The zero-order chi connectivity index (χ0) is 16.4. The zero-order valence-corrected chi connectivity index (χ0v) is 13.5. The van der Waals surface area contributed by atoms with Crippen molar-refractivity contribution in [2.75, 3.05) is 0 Å². The van der Waals surface area contributed by atoms with Gasteiger partial charge in [-0.25, -0.2) is 4.39 Å². The number of hydrogen-bond acceptors (Lipinski definition) is 3. The summed E-state index contributed by atoms with van der Waals surface area (Å²) in [6, 6.07) is 6.33. The maximum absolute atomic E-state index is 13.2. The predicted octanol–water partition coefficient (Wildman–Crippen LogP) is 2.62. The van der Waals surface area contributed by atoms with Crippen molar-refractivity contribution in [3.8, 4) is 5.75 Å². The van der Waals surface area contributed by atoms with Crippen LogP contribution in [-0.2, 0) is 4.79 Å². The minimum atomic E-state index is -0.645. The molecule has 1 amide bonds. The highest BCUT2D eigenvalue weighted by molar-refractivity contribution is 5.81. The normalized spacial score (nSPS) is 31.3. The molecule has 0 aliphatic heterocycles. The predicted molar refractivity (Wildman–Crippen MR) is 86.5 cm³/mol. The Balaban J connectivity index is 1.60. The van der Waals surface area contributed by atoms with E-state index in [2.05, 4.69) is 5.32 Å². The van der Waals surface area contributed by atoms with Crippen LogP contribution in [0.2, 0.25) is 0 Å². The maximum Gasteiger partial charge on any atom is 0.261 e. The number of hydrogen-bond donors (Lipinski definition) is 2. The summed E-state index contributed by atoms with van der Waals surface area (Å²) in [6.07, 6.45) is 4.82. The van der Waals surface area contributed by atoms with Gasteiger partial charge < -0.3 is 15.8 Å². The van der Waals surface area contributed by atoms with Crippen molar-refractivity contribution >= 4 is 5.91 Å². The number of rotatable bonds is 4. The number of fused-ring (bicyclic) bond motifs is 2. The first-order valence-corrected chi connectivity index (χ1v) is 8.51. The third kappa shape index (κ3) is 3.83. The molecule has 5 heteroatoms. The Labute approximate surface area is 136 Å². The van der Waals surface area contributed by atoms with Crippen LogP contribution in [0, 0.1) is 17.7 Å². The van der Waals surface area contributed by atoms with E-state index in [4.69, 9.17) is 10.5 Å². The van der Waals surface area contributed by atoms with Crippen LogP contribution in [0.4, 0.5) is 4.39 Å². The van der Waals surface area contributed by atoms with E-state index in [1.807, 2.05) is 0 Å². The van der Waals surface area contributed by atoms with Gasteiger partial charge in [-0.3, -0.25) is 4.79 Å². The highest BCUT2D eigenvalue weighted by Crippen LogP contribution is 2.39. The van der Waals surface area contributed by atoms with Gasteiger partial charge in [0.1, 0.15) is 11.6 Å². The van der Waals surface area contributed by atoms with E-state index in [1.165, 1.54) is 18.6 Å². The number of carbonyl (C=O) groups excluding carboxylic acids is 1. The monoisotopic (exact) mass is 320 g/mol. The van der Waals surface area contributed by atoms with Gasteiger partial charge in [0.25, 0.3) is 5.91 Å². The molecule has 2 aliphatic carbocycles. The lowest BCUT2D eigenvalue weighted by atomic mass is 9.67. The SMILES string of the molecule is CC(Oc1cccc(F)c1)C(=O)NC1C2CCCC1CC(N)C2. The van der Waals surface area contributed by atoms with Crippen molar-refractivity contribution in [1.82, 2.24) is 5.32 Å². The average Bonchev–Trinajstić information content (AvgIpc) is 2.48. The Bertz CT molecular complexity index is 552. The molecule has 2 aliphatic rings. The summed E-state index contributed by atoms with van der Waals surface area (Å²) in [4.78, 5) is 12.5. The number of benzene rings is 1. The highest BCUT2D eigenvalue weighted by Gasteiger charge is 2.40. The topological polar surface area (TPSA) is 64.3 Å². The maximum atomic E-state index is 13.2. The lowest BCUT2D eigenvalue weighted by Gasteiger charge is -2.45. The van der Waals surface area contributed by atoms with E-state index in [1.54, 1.807) is 19.1 Å². The Kier molecular flexibility index (Phi) is 4.85. The second kappa shape index (κ2) is 6.87. The van der Waals surface area contributed by atoms with Gasteiger partial charge in [-0.05, 0) is 56.6 Å². The van der Waals surface area contributed by atoms with E-state index in [9.17, 15) is 9.18 Å². The average molecular weight is 320 g/mol. The van der Waals surface area contributed by atoms with E-state index in [0.29, 0.717) is 17.6 Å². The molecule has 3 atom stereocenters. The smallest absolute Gasteiger partial charge is 0.261 e. The Morgan fingerprint density at radius 2 is 2.04 bits per heavy atom. The molecule has 0 heterocycles. The van der Waals surface area contributed by atoms with Crippen LogP contribution in [0.15, 0.2) is 24.3 Å². The van der Waals surface area contributed by atoms with Gasteiger partial charge in [0.15, 0.2) is 6.10 Å². The first-order valence-electron chi connectivity index (χ1n) is 8.51. The van der Waals surface area contributed by atoms with Gasteiger partial charge in [0.2, 0.25) is 0 Å². The van der Waals surface area contributed by atoms with Crippen molar-refractivity contribution in [2.24, 2.45) is 17.6 Å². The molecule has 0 aromatic heterocycles. The molecular formula is C18H25FN2O2. The highest BCUT2D eigenvalue weighted by atomic mass is 19.1. The molecular weight excluding hydrogens is 295 g/mol. The third-order valence-electron chi connectivity index (χ3n) is 5.16. The van der Waals surface area contributed by atoms with E-state index in [-0.39, 0.29) is 23.8 Å². The fraction of sp³-hybridized carbons (Fsp3) is 0.611. The van der Waals surface area contributed by atoms with E-state index in [0.717, 1.165) is 25.7 Å². The fourth-order valence-corrected chi connectivity index (χ4v) is 4.10. The minimum absolute atomic E-state index is 0.133. The van der Waals surface area contributed by atoms with Gasteiger partial charge in [0.05, 0.1) is 0 Å². The molecule has 3 N–H and O–H groups in total. The Hall–Kier alpha value is -1.62. The lowest BCUT2D eigenvalue weighted by molar-refractivity contribution is -0.129. The summed E-state index contributed by atoms with van der Waals surface area (Å²) in [6.45, 7) is 1.70. The molecule has 126 valence electrons. The van der Waals surface area contributed by atoms with E-state index >= 15 is 0 Å². The lowest BCUT2D eigenvalue weighted by Crippen LogP contribution is -2.55. The van der Waals surface area contributed by atoms with Gasteiger partial charge in [-0.1, -0.05) is 12.5 Å². The van der Waals surface area contributed by atoms with Gasteiger partial charge >= 0.3 is 0 Å². The zero-order valence-electron chi connectivity index (χ0n) is 13.5. The van der Waals surface area contributed by atoms with Crippen molar-refractivity contribution in [3.63, 3.8) is 0 Å². The second-order valence-corrected chi connectivity index (χ2v) is 6.93. The minimum Gasteiger partial charge on any atom is -0.481 e. The first-order chi connectivity index (χ1) is 11.0. The molecule has 0 spiro atoms. The van der Waals surface area contributed by atoms with Crippen LogP contribution in [0.1, 0.15) is 39.0 Å². The summed E-state index contributed by atoms with van der Waals surface area (Å²) in [7, 11) is 0. The number of halogens is 1. The van der Waals surface area contributed by atoms with Crippen LogP contribution in [0.25, 0.3) is 0 Å². The summed E-state index contributed by atoms with van der Waals surface area (Å²) < 4.78 is 18.8. The second-order valence-electron chi connectivity index (χ2n) is 6.93. The standard InChI is InChI=1S/C18H25FN2O2/c1-11(23-16-7-3-6-14(19)10-16)18(22)21-17-12-4-2-5-13(17)9-15(20)8-12/h3,6-7,10-13,15,17H,2,4-5,8-9,20H2,1H3,(H,21,22). The van der Waals surface area contributed by atoms with Gasteiger partial charge in [-0.15, -0.1) is 0 Å².